The molecule has 2 heterocycles. The van der Waals surface area contributed by atoms with Crippen LogP contribution in [0.2, 0.25) is 10.0 Å². The summed E-state index contributed by atoms with van der Waals surface area (Å²) in [7, 11) is -3.92. The Kier molecular flexibility index (Phi) is 4.33. The summed E-state index contributed by atoms with van der Waals surface area (Å²) in [6.45, 7) is 0.409. The number of hydrogen-bond acceptors (Lipinski definition) is 4. The summed E-state index contributed by atoms with van der Waals surface area (Å²) in [6.07, 6.45) is 3.63. The molecule has 3 rings (SSSR count). The predicted molar refractivity (Wildman–Crippen MR) is 91.5 cm³/mol. The monoisotopic (exact) mass is 369 g/mol. The van der Waals surface area contributed by atoms with E-state index < -0.39 is 10.0 Å². The van der Waals surface area contributed by atoms with Crippen LogP contribution in [0.4, 0.5) is 0 Å². The van der Waals surface area contributed by atoms with E-state index in [1.165, 1.54) is 24.4 Å². The molecule has 3 aromatic rings. The molecule has 0 bridgehead atoms. The summed E-state index contributed by atoms with van der Waals surface area (Å²) in [6, 6.07) is 7.90. The Balaban J connectivity index is 2.29. The van der Waals surface area contributed by atoms with Crippen molar-refractivity contribution in [1.29, 1.82) is 0 Å². The lowest BCUT2D eigenvalue weighted by molar-refractivity contribution is 0.588. The van der Waals surface area contributed by atoms with Crippen molar-refractivity contribution in [2.75, 3.05) is 6.54 Å². The fourth-order valence-electron chi connectivity index (χ4n) is 2.41. The maximum Gasteiger partial charge on any atom is 0.270 e. The van der Waals surface area contributed by atoms with Gasteiger partial charge in [0.15, 0.2) is 5.65 Å². The van der Waals surface area contributed by atoms with E-state index in [1.807, 2.05) is 6.07 Å². The molecular formula is C15H13Cl2N3O2S. The quantitative estimate of drug-likeness (QED) is 0.766. The minimum absolute atomic E-state index is 0.0616. The van der Waals surface area contributed by atoms with E-state index in [4.69, 9.17) is 28.9 Å². The Morgan fingerprint density at radius 3 is 2.74 bits per heavy atom. The summed E-state index contributed by atoms with van der Waals surface area (Å²) in [5, 5.41) is 1.15. The molecule has 0 spiro atoms. The number of hydrogen-bond donors (Lipinski definition) is 1. The summed E-state index contributed by atoms with van der Waals surface area (Å²) in [5.41, 5.74) is 6.76. The van der Waals surface area contributed by atoms with Crippen molar-refractivity contribution in [3.05, 3.63) is 58.3 Å². The molecule has 0 saturated carbocycles. The molecule has 0 aliphatic heterocycles. The average molecular weight is 370 g/mol. The molecule has 0 fully saturated rings. The van der Waals surface area contributed by atoms with Crippen LogP contribution < -0.4 is 5.73 Å². The molecular weight excluding hydrogens is 357 g/mol. The first-order valence-electron chi connectivity index (χ1n) is 6.81. The standard InChI is InChI=1S/C15H13Cl2N3O2S/c16-11-3-4-13(17)14(8-11)23(21,22)20-9-10(5-6-18)12-2-1-7-19-15(12)20/h1-4,7-9H,5-6,18H2. The van der Waals surface area contributed by atoms with Crippen LogP contribution in [0.25, 0.3) is 11.0 Å². The van der Waals surface area contributed by atoms with Crippen LogP contribution in [0.15, 0.2) is 47.6 Å². The van der Waals surface area contributed by atoms with Crippen molar-refractivity contribution >= 4 is 44.3 Å². The van der Waals surface area contributed by atoms with E-state index >= 15 is 0 Å². The lowest BCUT2D eigenvalue weighted by Gasteiger charge is -2.09. The average Bonchev–Trinajstić information content (AvgIpc) is 2.90. The van der Waals surface area contributed by atoms with Gasteiger partial charge in [-0.25, -0.2) is 17.4 Å². The maximum atomic E-state index is 13.0. The molecule has 2 aromatic heterocycles. The molecule has 1 aromatic carbocycles. The summed E-state index contributed by atoms with van der Waals surface area (Å²) in [4.78, 5) is 4.13. The van der Waals surface area contributed by atoms with Gasteiger partial charge in [0.25, 0.3) is 10.0 Å². The molecule has 0 atom stereocenters. The van der Waals surface area contributed by atoms with Crippen LogP contribution in [0.3, 0.4) is 0 Å². The Bertz CT molecular complexity index is 984. The second-order valence-corrected chi connectivity index (χ2v) is 7.57. The number of rotatable bonds is 4. The summed E-state index contributed by atoms with van der Waals surface area (Å²) < 4.78 is 27.1. The third-order valence-electron chi connectivity index (χ3n) is 3.46. The molecule has 2 N–H and O–H groups in total. The van der Waals surface area contributed by atoms with Gasteiger partial charge in [0.1, 0.15) is 4.90 Å². The molecule has 0 radical (unpaired) electrons. The zero-order valence-electron chi connectivity index (χ0n) is 11.9. The summed E-state index contributed by atoms with van der Waals surface area (Å²) >= 11 is 12.0. The second-order valence-electron chi connectivity index (χ2n) is 4.94. The van der Waals surface area contributed by atoms with Crippen LogP contribution >= 0.6 is 23.2 Å². The highest BCUT2D eigenvalue weighted by molar-refractivity contribution is 7.90. The highest BCUT2D eigenvalue weighted by Crippen LogP contribution is 2.30. The fraction of sp³-hybridized carbons (Fsp3) is 0.133. The van der Waals surface area contributed by atoms with Crippen LogP contribution in [-0.4, -0.2) is 23.9 Å². The van der Waals surface area contributed by atoms with E-state index in [9.17, 15) is 8.42 Å². The van der Waals surface area contributed by atoms with Gasteiger partial charge >= 0.3 is 0 Å². The van der Waals surface area contributed by atoms with E-state index in [2.05, 4.69) is 4.98 Å². The van der Waals surface area contributed by atoms with Gasteiger partial charge in [-0.15, -0.1) is 0 Å². The van der Waals surface area contributed by atoms with Crippen molar-refractivity contribution in [2.45, 2.75) is 11.3 Å². The zero-order valence-corrected chi connectivity index (χ0v) is 14.2. The van der Waals surface area contributed by atoms with Crippen LogP contribution in [-0.2, 0) is 16.4 Å². The van der Waals surface area contributed by atoms with Gasteiger partial charge in [-0.1, -0.05) is 23.2 Å². The van der Waals surface area contributed by atoms with E-state index in [0.717, 1.165) is 14.9 Å². The Hall–Kier alpha value is -1.60. The molecule has 0 amide bonds. The van der Waals surface area contributed by atoms with Crippen molar-refractivity contribution in [1.82, 2.24) is 8.96 Å². The number of fused-ring (bicyclic) bond motifs is 1. The molecule has 5 nitrogen and oxygen atoms in total. The van der Waals surface area contributed by atoms with Gasteiger partial charge in [0, 0.05) is 22.8 Å². The van der Waals surface area contributed by atoms with Crippen molar-refractivity contribution in [3.8, 4) is 0 Å². The first-order chi connectivity index (χ1) is 10.9. The lowest BCUT2D eigenvalue weighted by atomic mass is 10.2. The fourth-order valence-corrected chi connectivity index (χ4v) is 4.50. The molecule has 0 saturated heterocycles. The third kappa shape index (κ3) is 2.83. The second kappa shape index (κ2) is 6.13. The predicted octanol–water partition coefficient (Wildman–Crippen LogP) is 3.08. The third-order valence-corrected chi connectivity index (χ3v) is 5.82. The minimum atomic E-state index is -3.92. The minimum Gasteiger partial charge on any atom is -0.330 e. The first kappa shape index (κ1) is 16.3. The Morgan fingerprint density at radius 1 is 1.22 bits per heavy atom. The van der Waals surface area contributed by atoms with Gasteiger partial charge in [-0.05, 0) is 48.9 Å². The SMILES string of the molecule is NCCc1cn(S(=O)(=O)c2cc(Cl)ccc2Cl)c2ncccc12. The van der Waals surface area contributed by atoms with Gasteiger partial charge in [-0.2, -0.15) is 0 Å². The number of aromatic nitrogens is 2. The topological polar surface area (TPSA) is 78.0 Å². The van der Waals surface area contributed by atoms with E-state index in [-0.39, 0.29) is 9.92 Å². The number of nitrogens with two attached hydrogens (primary N) is 1. The maximum absolute atomic E-state index is 13.0. The van der Waals surface area contributed by atoms with Crippen LogP contribution in [0, 0.1) is 0 Å². The zero-order chi connectivity index (χ0) is 16.6. The normalized spacial score (nSPS) is 12.0. The van der Waals surface area contributed by atoms with Crippen molar-refractivity contribution in [3.63, 3.8) is 0 Å². The molecule has 120 valence electrons. The Morgan fingerprint density at radius 2 is 2.00 bits per heavy atom. The Labute approximate surface area is 143 Å². The van der Waals surface area contributed by atoms with Gasteiger partial charge in [0.2, 0.25) is 0 Å². The first-order valence-corrected chi connectivity index (χ1v) is 9.00. The largest absolute Gasteiger partial charge is 0.330 e. The number of benzene rings is 1. The van der Waals surface area contributed by atoms with Crippen molar-refractivity contribution < 1.29 is 8.42 Å². The highest BCUT2D eigenvalue weighted by Gasteiger charge is 2.24. The van der Waals surface area contributed by atoms with E-state index in [1.54, 1.807) is 12.3 Å². The number of halogens is 2. The van der Waals surface area contributed by atoms with Crippen LogP contribution in [0.5, 0.6) is 0 Å². The smallest absolute Gasteiger partial charge is 0.270 e. The van der Waals surface area contributed by atoms with Gasteiger partial charge in [-0.3, -0.25) is 0 Å². The van der Waals surface area contributed by atoms with E-state index in [0.29, 0.717) is 23.6 Å². The van der Waals surface area contributed by atoms with Crippen LogP contribution in [0.1, 0.15) is 5.56 Å². The molecule has 0 unspecified atom stereocenters. The molecule has 0 aliphatic rings. The lowest BCUT2D eigenvalue weighted by Crippen LogP contribution is -2.13. The number of pyridine rings is 1. The van der Waals surface area contributed by atoms with Gasteiger partial charge in [0.05, 0.1) is 5.02 Å². The molecule has 23 heavy (non-hydrogen) atoms. The van der Waals surface area contributed by atoms with Gasteiger partial charge < -0.3 is 5.73 Å². The highest BCUT2D eigenvalue weighted by atomic mass is 35.5. The molecule has 0 aliphatic carbocycles. The molecule has 8 heteroatoms. The van der Waals surface area contributed by atoms with Crippen molar-refractivity contribution in [2.24, 2.45) is 5.73 Å². The summed E-state index contributed by atoms with van der Waals surface area (Å²) in [5.74, 6) is 0. The number of nitrogens with zero attached hydrogens (tertiary/aromatic N) is 2.